The molecule has 2 N–H and O–H groups in total. The molecule has 0 radical (unpaired) electrons. The lowest BCUT2D eigenvalue weighted by Gasteiger charge is -2.35. The molecule has 3 fully saturated rings. The summed E-state index contributed by atoms with van der Waals surface area (Å²) in [4.78, 5) is 45.9. The highest BCUT2D eigenvalue weighted by atomic mass is 19.4. The number of nitrogens with zero attached hydrogens (tertiary/aromatic N) is 6. The molecule has 0 bridgehead atoms. The van der Waals surface area contributed by atoms with Crippen molar-refractivity contribution in [2.45, 2.75) is 19.1 Å². The molecule has 3 amide bonds. The number of hydrogen-bond acceptors (Lipinski definition) is 6. The first-order valence-corrected chi connectivity index (χ1v) is 14.2. The first-order valence-electron chi connectivity index (χ1n) is 14.2. The molecule has 240 valence electrons. The van der Waals surface area contributed by atoms with Gasteiger partial charge in [0.25, 0.3) is 18.2 Å². The lowest BCUT2D eigenvalue weighted by Crippen LogP contribution is -2.51. The van der Waals surface area contributed by atoms with E-state index in [1.54, 1.807) is 4.90 Å². The zero-order valence-corrected chi connectivity index (χ0v) is 23.8. The standard InChI is InChI=1S/C28H28F6N8O3/c1-39-20(18-12-42(13-21(30)31)38-23(18)28(32,33)34)11-36-24(39)25(43)37-14-2-3-15(19(29)8-14)26(44)40-4-6-41(7-5-40)27(45)22-16-9-35-10-17(16)22/h2-3,8,11-12,16-17,21-22,35H,4-7,9-10,13H2,1H3,(H,37,43)/t16-,17+,22?. The Hall–Kier alpha value is -4.41. The summed E-state index contributed by atoms with van der Waals surface area (Å²) in [6, 6.07) is 3.44. The smallest absolute Gasteiger partial charge is 0.339 e. The number of carbonyl (C=O) groups excluding carboxylic acids is 3. The minimum Gasteiger partial charge on any atom is -0.339 e. The van der Waals surface area contributed by atoms with Crippen LogP contribution >= 0.6 is 0 Å². The van der Waals surface area contributed by atoms with Gasteiger partial charge in [0, 0.05) is 51.0 Å². The highest BCUT2D eigenvalue weighted by Gasteiger charge is 2.58. The molecule has 3 aliphatic rings. The number of halogens is 6. The summed E-state index contributed by atoms with van der Waals surface area (Å²) in [6.45, 7) is 1.84. The number of imidazole rings is 1. The van der Waals surface area contributed by atoms with E-state index in [2.05, 4.69) is 20.7 Å². The van der Waals surface area contributed by atoms with Gasteiger partial charge >= 0.3 is 6.18 Å². The number of carbonyl (C=O) groups is 3. The first-order chi connectivity index (χ1) is 21.3. The number of benzene rings is 1. The van der Waals surface area contributed by atoms with Gasteiger partial charge in [-0.2, -0.15) is 18.3 Å². The van der Waals surface area contributed by atoms with Crippen LogP contribution in [0.2, 0.25) is 0 Å². The minimum absolute atomic E-state index is 0.0420. The molecule has 11 nitrogen and oxygen atoms in total. The van der Waals surface area contributed by atoms with Crippen molar-refractivity contribution in [3.05, 3.63) is 53.5 Å². The second-order valence-electron chi connectivity index (χ2n) is 11.3. The van der Waals surface area contributed by atoms with Crippen LogP contribution in [0.4, 0.5) is 32.0 Å². The quantitative estimate of drug-likeness (QED) is 0.385. The second-order valence-corrected chi connectivity index (χ2v) is 11.3. The van der Waals surface area contributed by atoms with Crippen LogP contribution < -0.4 is 10.6 Å². The van der Waals surface area contributed by atoms with Crippen molar-refractivity contribution in [1.82, 2.24) is 34.4 Å². The summed E-state index contributed by atoms with van der Waals surface area (Å²) >= 11 is 0. The normalized spacial score (nSPS) is 21.3. The number of piperidine rings is 1. The van der Waals surface area contributed by atoms with E-state index in [4.69, 9.17) is 0 Å². The molecule has 6 rings (SSSR count). The molecule has 45 heavy (non-hydrogen) atoms. The molecule has 1 unspecified atom stereocenters. The number of alkyl halides is 5. The van der Waals surface area contributed by atoms with Crippen molar-refractivity contribution < 1.29 is 40.7 Å². The molecule has 1 aromatic carbocycles. The maximum absolute atomic E-state index is 15.1. The van der Waals surface area contributed by atoms with Crippen molar-refractivity contribution in [1.29, 1.82) is 0 Å². The van der Waals surface area contributed by atoms with Gasteiger partial charge in [-0.05, 0) is 43.1 Å². The van der Waals surface area contributed by atoms with Gasteiger partial charge in [-0.15, -0.1) is 0 Å². The highest BCUT2D eigenvalue weighted by molar-refractivity contribution is 6.03. The average molecular weight is 639 g/mol. The van der Waals surface area contributed by atoms with Gasteiger partial charge < -0.3 is 25.0 Å². The van der Waals surface area contributed by atoms with E-state index in [1.165, 1.54) is 24.1 Å². The van der Waals surface area contributed by atoms with E-state index in [0.717, 1.165) is 36.1 Å². The van der Waals surface area contributed by atoms with Crippen LogP contribution in [0.1, 0.15) is 26.7 Å². The zero-order chi connectivity index (χ0) is 32.2. The summed E-state index contributed by atoms with van der Waals surface area (Å²) in [5.74, 6) is -1.80. The molecule has 1 aliphatic carbocycles. The topological polar surface area (TPSA) is 117 Å². The van der Waals surface area contributed by atoms with Gasteiger partial charge in [0.05, 0.1) is 23.0 Å². The largest absolute Gasteiger partial charge is 0.435 e. The molecule has 1 saturated carbocycles. The van der Waals surface area contributed by atoms with Crippen LogP contribution in [0, 0.1) is 23.6 Å². The molecule has 2 saturated heterocycles. The SMILES string of the molecule is Cn1c(-c2cn(CC(F)F)nc2C(F)(F)F)cnc1C(=O)Nc1ccc(C(=O)N2CCN(C(=O)C3[C@H]4CNC[C@@H]34)CC2)c(F)c1. The van der Waals surface area contributed by atoms with Gasteiger partial charge in [0.1, 0.15) is 12.4 Å². The maximum atomic E-state index is 15.1. The Morgan fingerprint density at radius 1 is 1.07 bits per heavy atom. The molecule has 2 aromatic heterocycles. The molecule has 0 spiro atoms. The lowest BCUT2D eigenvalue weighted by atomic mass is 10.1. The third kappa shape index (κ3) is 5.87. The van der Waals surface area contributed by atoms with Crippen LogP contribution in [-0.4, -0.2) is 92.5 Å². The van der Waals surface area contributed by atoms with Crippen molar-refractivity contribution in [2.24, 2.45) is 24.8 Å². The van der Waals surface area contributed by atoms with Crippen molar-refractivity contribution in [3.8, 4) is 11.3 Å². The van der Waals surface area contributed by atoms with Gasteiger partial charge in [0.15, 0.2) is 11.5 Å². The number of aromatic nitrogens is 4. The third-order valence-corrected chi connectivity index (χ3v) is 8.54. The number of nitrogens with one attached hydrogen (secondary N) is 2. The Kier molecular flexibility index (Phi) is 7.82. The fraction of sp³-hybridized carbons (Fsp3) is 0.464. The van der Waals surface area contributed by atoms with Crippen LogP contribution in [0.15, 0.2) is 30.6 Å². The van der Waals surface area contributed by atoms with Crippen LogP contribution in [0.3, 0.4) is 0 Å². The van der Waals surface area contributed by atoms with Gasteiger partial charge in [-0.25, -0.2) is 18.2 Å². The highest BCUT2D eigenvalue weighted by Crippen LogP contribution is 2.49. The average Bonchev–Trinajstić information content (AvgIpc) is 3.35. The number of anilines is 1. The molecular formula is C28H28F6N8O3. The third-order valence-electron chi connectivity index (χ3n) is 8.54. The van der Waals surface area contributed by atoms with E-state index in [-0.39, 0.29) is 47.7 Å². The van der Waals surface area contributed by atoms with Gasteiger partial charge in [0.2, 0.25) is 5.91 Å². The van der Waals surface area contributed by atoms with E-state index in [9.17, 15) is 36.3 Å². The zero-order valence-electron chi connectivity index (χ0n) is 23.8. The van der Waals surface area contributed by atoms with E-state index in [1.807, 2.05) is 0 Å². The number of rotatable bonds is 7. The molecule has 2 aliphatic heterocycles. The van der Waals surface area contributed by atoms with Crippen LogP contribution in [0.5, 0.6) is 0 Å². The molecule has 3 atom stereocenters. The number of fused-ring (bicyclic) bond motifs is 1. The molecular weight excluding hydrogens is 610 g/mol. The lowest BCUT2D eigenvalue weighted by molar-refractivity contribution is -0.141. The van der Waals surface area contributed by atoms with Crippen molar-refractivity contribution in [2.75, 3.05) is 44.6 Å². The monoisotopic (exact) mass is 638 g/mol. The molecule has 4 heterocycles. The number of amides is 3. The van der Waals surface area contributed by atoms with Gasteiger partial charge in [-0.3, -0.25) is 19.1 Å². The number of hydrogen-bond donors (Lipinski definition) is 2. The first kappa shape index (κ1) is 30.6. The predicted molar refractivity (Wildman–Crippen MR) is 146 cm³/mol. The number of piperazine rings is 1. The van der Waals surface area contributed by atoms with Crippen LogP contribution in [-0.2, 0) is 24.6 Å². The minimum atomic E-state index is -4.97. The Morgan fingerprint density at radius 3 is 2.36 bits per heavy atom. The summed E-state index contributed by atoms with van der Waals surface area (Å²) in [5, 5.41) is 8.89. The summed E-state index contributed by atoms with van der Waals surface area (Å²) < 4.78 is 82.8. The molecule has 17 heteroatoms. The maximum Gasteiger partial charge on any atom is 0.435 e. The molecule has 3 aromatic rings. The Labute approximate surface area is 252 Å². The van der Waals surface area contributed by atoms with Gasteiger partial charge in [-0.1, -0.05) is 0 Å². The summed E-state index contributed by atoms with van der Waals surface area (Å²) in [5.41, 5.74) is -2.45. The van der Waals surface area contributed by atoms with Crippen LogP contribution in [0.25, 0.3) is 11.3 Å². The van der Waals surface area contributed by atoms with E-state index < -0.39 is 48.0 Å². The van der Waals surface area contributed by atoms with Crippen molar-refractivity contribution >= 4 is 23.4 Å². The van der Waals surface area contributed by atoms with E-state index >= 15 is 4.39 Å². The van der Waals surface area contributed by atoms with Crippen molar-refractivity contribution in [3.63, 3.8) is 0 Å². The fourth-order valence-corrected chi connectivity index (χ4v) is 6.17. The summed E-state index contributed by atoms with van der Waals surface area (Å²) in [7, 11) is 1.26. The Balaban J connectivity index is 1.10. The second kappa shape index (κ2) is 11.5. The summed E-state index contributed by atoms with van der Waals surface area (Å²) in [6.07, 6.45) is -6.15. The Morgan fingerprint density at radius 2 is 1.73 bits per heavy atom. The fourth-order valence-electron chi connectivity index (χ4n) is 6.17. The predicted octanol–water partition coefficient (Wildman–Crippen LogP) is 2.71. The van der Waals surface area contributed by atoms with E-state index in [0.29, 0.717) is 29.6 Å². The Bertz CT molecular complexity index is 1630.